The lowest BCUT2D eigenvalue weighted by Crippen LogP contribution is -2.65. The SMILES string of the molecule is COC(=O)OCOc1c2n(ccc1=O)N([C@H]1c3ccccc3-c3scnc3-c3c1ccc(F)c3F)[C@@H]1CC(C(F)(F)F)CCN1C2=O. The number of ether oxygens (including phenoxy) is 3. The Morgan fingerprint density at radius 2 is 1.87 bits per heavy atom. The van der Waals surface area contributed by atoms with Crippen LogP contribution in [0, 0.1) is 17.6 Å². The van der Waals surface area contributed by atoms with Crippen LogP contribution in [0.4, 0.5) is 26.7 Å². The third kappa shape index (κ3) is 4.89. The second-order valence-electron chi connectivity index (χ2n) is 11.0. The third-order valence-corrected chi connectivity index (χ3v) is 9.49. The molecule has 4 heterocycles. The molecule has 0 N–H and O–H groups in total. The number of carbonyl (C=O) groups excluding carboxylic acids is 2. The second kappa shape index (κ2) is 11.4. The number of methoxy groups -OCH3 is 1. The third-order valence-electron chi connectivity index (χ3n) is 8.63. The molecule has 2 aromatic carbocycles. The summed E-state index contributed by atoms with van der Waals surface area (Å²) in [5.74, 6) is -5.47. The zero-order chi connectivity index (χ0) is 33.2. The number of benzene rings is 2. The fourth-order valence-electron chi connectivity index (χ4n) is 6.58. The summed E-state index contributed by atoms with van der Waals surface area (Å²) < 4.78 is 89.4. The Morgan fingerprint density at radius 1 is 1.09 bits per heavy atom. The number of hydrogen-bond acceptors (Lipinski definition) is 9. The molecule has 0 spiro atoms. The van der Waals surface area contributed by atoms with Crippen LogP contribution in [0.25, 0.3) is 21.7 Å². The van der Waals surface area contributed by atoms with Gasteiger partial charge in [-0.1, -0.05) is 30.3 Å². The van der Waals surface area contributed by atoms with Crippen LogP contribution in [0.15, 0.2) is 59.0 Å². The molecule has 3 atom stereocenters. The maximum absolute atomic E-state index is 15.9. The van der Waals surface area contributed by atoms with Crippen molar-refractivity contribution in [2.45, 2.75) is 31.2 Å². The molecule has 1 fully saturated rings. The zero-order valence-electron chi connectivity index (χ0n) is 24.3. The Balaban J connectivity index is 1.50. The number of alkyl halides is 3. The van der Waals surface area contributed by atoms with Gasteiger partial charge in [-0.3, -0.25) is 19.3 Å². The van der Waals surface area contributed by atoms with Gasteiger partial charge in [0, 0.05) is 24.4 Å². The molecule has 10 nitrogen and oxygen atoms in total. The largest absolute Gasteiger partial charge is 0.510 e. The summed E-state index contributed by atoms with van der Waals surface area (Å²) in [4.78, 5) is 44.8. The normalized spacial score (nSPS) is 19.9. The minimum atomic E-state index is -4.59. The molecular formula is C31H23F5N4O6S. The van der Waals surface area contributed by atoms with E-state index >= 15 is 4.39 Å². The number of halogens is 5. The molecule has 1 saturated heterocycles. The number of thiazole rings is 1. The average Bonchev–Trinajstić information content (AvgIpc) is 3.50. The summed E-state index contributed by atoms with van der Waals surface area (Å²) in [6, 6.07) is 9.09. The highest BCUT2D eigenvalue weighted by atomic mass is 32.1. The number of pyridine rings is 1. The monoisotopic (exact) mass is 674 g/mol. The topological polar surface area (TPSA) is 103 Å². The maximum Gasteiger partial charge on any atom is 0.510 e. The van der Waals surface area contributed by atoms with E-state index in [1.165, 1.54) is 43.7 Å². The van der Waals surface area contributed by atoms with Crippen molar-refractivity contribution in [3.05, 3.63) is 92.9 Å². The quantitative estimate of drug-likeness (QED) is 0.151. The van der Waals surface area contributed by atoms with E-state index in [2.05, 4.69) is 9.72 Å². The van der Waals surface area contributed by atoms with Gasteiger partial charge in [0.25, 0.3) is 5.91 Å². The van der Waals surface area contributed by atoms with Gasteiger partial charge in [0.1, 0.15) is 6.17 Å². The average molecular weight is 675 g/mol. The summed E-state index contributed by atoms with van der Waals surface area (Å²) in [6.07, 6.45) is -6.72. The predicted molar refractivity (Wildman–Crippen MR) is 156 cm³/mol. The molecule has 47 heavy (non-hydrogen) atoms. The first kappa shape index (κ1) is 30.7. The number of piperidine rings is 1. The standard InChI is InChI=1S/C31H23F5N4O6S/c1-44-30(43)46-14-45-27-20(41)9-11-39-26(27)29(42)38-10-8-15(31(34,35)36)12-21(38)40(39)25-16-4-2-3-5-17(16)28-24(37-13-47-28)22-18(25)6-7-19(32)23(22)33/h2-7,9,11,13,15,21,25H,8,10,12,14H2,1H3/t15?,21-,25+/m1/s1. The Hall–Kier alpha value is -4.99. The van der Waals surface area contributed by atoms with Crippen LogP contribution in [0.1, 0.15) is 40.5 Å². The van der Waals surface area contributed by atoms with E-state index in [4.69, 9.17) is 9.47 Å². The first-order valence-corrected chi connectivity index (χ1v) is 15.2. The van der Waals surface area contributed by atoms with E-state index in [0.717, 1.165) is 19.2 Å². The highest BCUT2D eigenvalue weighted by Gasteiger charge is 2.52. The summed E-state index contributed by atoms with van der Waals surface area (Å²) in [7, 11) is 1.05. The van der Waals surface area contributed by atoms with Gasteiger partial charge in [-0.25, -0.2) is 18.6 Å². The lowest BCUT2D eigenvalue weighted by molar-refractivity contribution is -0.189. The van der Waals surface area contributed by atoms with Gasteiger partial charge in [-0.2, -0.15) is 13.2 Å². The Morgan fingerprint density at radius 3 is 2.64 bits per heavy atom. The zero-order valence-corrected chi connectivity index (χ0v) is 25.1. The van der Waals surface area contributed by atoms with Gasteiger partial charge in [0.2, 0.25) is 18.0 Å². The van der Waals surface area contributed by atoms with Crippen molar-refractivity contribution in [2.75, 3.05) is 25.5 Å². The molecule has 0 saturated carbocycles. The van der Waals surface area contributed by atoms with Crippen molar-refractivity contribution >= 4 is 23.4 Å². The summed E-state index contributed by atoms with van der Waals surface area (Å²) in [5.41, 5.74) is 1.59. The summed E-state index contributed by atoms with van der Waals surface area (Å²) in [5, 5.41) is 1.47. The van der Waals surface area contributed by atoms with E-state index in [9.17, 15) is 31.9 Å². The van der Waals surface area contributed by atoms with Crippen LogP contribution in [-0.2, 0) is 9.47 Å². The van der Waals surface area contributed by atoms with Crippen LogP contribution in [0.2, 0.25) is 0 Å². The first-order valence-electron chi connectivity index (χ1n) is 14.3. The summed E-state index contributed by atoms with van der Waals surface area (Å²) in [6.45, 7) is -1.16. The number of nitrogens with zero attached hydrogens (tertiary/aromatic N) is 4. The van der Waals surface area contributed by atoms with E-state index in [1.807, 2.05) is 0 Å². The Kier molecular flexibility index (Phi) is 7.41. The van der Waals surface area contributed by atoms with E-state index in [1.54, 1.807) is 24.3 Å². The van der Waals surface area contributed by atoms with Crippen LogP contribution < -0.4 is 15.2 Å². The first-order chi connectivity index (χ1) is 22.5. The number of carbonyl (C=O) groups is 2. The molecule has 4 aromatic rings. The van der Waals surface area contributed by atoms with E-state index in [0.29, 0.717) is 16.0 Å². The smallest absolute Gasteiger partial charge is 0.451 e. The maximum atomic E-state index is 15.9. The summed E-state index contributed by atoms with van der Waals surface area (Å²) >= 11 is 1.19. The lowest BCUT2D eigenvalue weighted by Gasteiger charge is -2.53. The highest BCUT2D eigenvalue weighted by molar-refractivity contribution is 7.13. The van der Waals surface area contributed by atoms with Crippen LogP contribution >= 0.6 is 11.3 Å². The molecule has 244 valence electrons. The molecular weight excluding hydrogens is 651 g/mol. The van der Waals surface area contributed by atoms with E-state index < -0.39 is 78.8 Å². The minimum Gasteiger partial charge on any atom is -0.451 e. The van der Waals surface area contributed by atoms with Crippen molar-refractivity contribution in [3.63, 3.8) is 0 Å². The lowest BCUT2D eigenvalue weighted by atomic mass is 9.88. The Labute approximate surface area is 266 Å². The van der Waals surface area contributed by atoms with Gasteiger partial charge < -0.3 is 19.1 Å². The number of fused-ring (bicyclic) bond motifs is 7. The number of aromatic nitrogens is 2. The molecule has 1 unspecified atom stereocenters. The fourth-order valence-corrected chi connectivity index (χ4v) is 7.42. The Bertz CT molecular complexity index is 1980. The van der Waals surface area contributed by atoms with Crippen LogP contribution in [-0.4, -0.2) is 59.4 Å². The van der Waals surface area contributed by atoms with Crippen molar-refractivity contribution in [2.24, 2.45) is 5.92 Å². The molecule has 0 bridgehead atoms. The number of hydrogen-bond donors (Lipinski definition) is 0. The predicted octanol–water partition coefficient (Wildman–Crippen LogP) is 5.83. The molecule has 1 aliphatic carbocycles. The minimum absolute atomic E-state index is 0.155. The van der Waals surface area contributed by atoms with Gasteiger partial charge in [0.05, 0.1) is 35.2 Å². The van der Waals surface area contributed by atoms with Crippen molar-refractivity contribution in [1.29, 1.82) is 0 Å². The molecule has 2 aliphatic heterocycles. The molecule has 7 rings (SSSR count). The van der Waals surface area contributed by atoms with Gasteiger partial charge >= 0.3 is 12.3 Å². The highest BCUT2D eigenvalue weighted by Crippen LogP contribution is 2.51. The molecule has 3 aliphatic rings. The van der Waals surface area contributed by atoms with E-state index in [-0.39, 0.29) is 29.1 Å². The van der Waals surface area contributed by atoms with Crippen LogP contribution in [0.5, 0.6) is 5.75 Å². The van der Waals surface area contributed by atoms with Gasteiger partial charge in [-0.05, 0) is 35.6 Å². The molecule has 2 aromatic heterocycles. The number of rotatable bonds is 4. The molecule has 16 heteroatoms. The van der Waals surface area contributed by atoms with Gasteiger partial charge in [-0.15, -0.1) is 11.3 Å². The molecule has 0 radical (unpaired) electrons. The van der Waals surface area contributed by atoms with Crippen molar-refractivity contribution < 1.29 is 45.8 Å². The second-order valence-corrected chi connectivity index (χ2v) is 11.9. The fraction of sp³-hybridized carbons (Fsp3) is 0.290. The molecule has 1 amide bonds. The van der Waals surface area contributed by atoms with Gasteiger partial charge in [0.15, 0.2) is 17.3 Å². The van der Waals surface area contributed by atoms with Crippen molar-refractivity contribution in [3.8, 4) is 27.4 Å². The van der Waals surface area contributed by atoms with Crippen molar-refractivity contribution in [1.82, 2.24) is 14.6 Å². The van der Waals surface area contributed by atoms with Crippen LogP contribution in [0.3, 0.4) is 0 Å². The number of amides is 1.